The van der Waals surface area contributed by atoms with E-state index in [4.69, 9.17) is 18.9 Å². The van der Waals surface area contributed by atoms with Crippen LogP contribution in [0.2, 0.25) is 0 Å². The molecule has 1 amide bonds. The summed E-state index contributed by atoms with van der Waals surface area (Å²) in [5, 5.41) is 0. The molecule has 6 nitrogen and oxygen atoms in total. The van der Waals surface area contributed by atoms with Crippen molar-refractivity contribution in [3.63, 3.8) is 0 Å². The molecule has 1 atom stereocenters. The first-order valence-corrected chi connectivity index (χ1v) is 14.2. The zero-order valence-electron chi connectivity index (χ0n) is 22.6. The topological polar surface area (TPSA) is 57.2 Å². The Bertz CT molecular complexity index is 1240. The van der Waals surface area contributed by atoms with Gasteiger partial charge < -0.3 is 23.8 Å². The van der Waals surface area contributed by atoms with E-state index in [0.29, 0.717) is 50.7 Å². The van der Waals surface area contributed by atoms with Crippen LogP contribution < -0.4 is 18.9 Å². The maximum absolute atomic E-state index is 13.8. The van der Waals surface area contributed by atoms with E-state index in [1.165, 1.54) is 5.56 Å². The van der Waals surface area contributed by atoms with E-state index < -0.39 is 0 Å². The van der Waals surface area contributed by atoms with Crippen LogP contribution in [0.1, 0.15) is 60.8 Å². The van der Waals surface area contributed by atoms with Crippen LogP contribution in [0.4, 0.5) is 0 Å². The third kappa shape index (κ3) is 6.26. The van der Waals surface area contributed by atoms with Gasteiger partial charge in [0, 0.05) is 16.6 Å². The number of hydrogen-bond acceptors (Lipinski definition) is 5. The summed E-state index contributed by atoms with van der Waals surface area (Å²) in [6.45, 7) is 10.7. The summed E-state index contributed by atoms with van der Waals surface area (Å²) in [6.07, 6.45) is 1.37. The van der Waals surface area contributed by atoms with E-state index in [-0.39, 0.29) is 11.9 Å². The van der Waals surface area contributed by atoms with Crippen molar-refractivity contribution in [2.75, 3.05) is 33.0 Å². The highest BCUT2D eigenvalue weighted by molar-refractivity contribution is 9.10. The number of amides is 1. The number of hydrogen-bond donors (Lipinski definition) is 0. The van der Waals surface area contributed by atoms with E-state index in [2.05, 4.69) is 34.1 Å². The van der Waals surface area contributed by atoms with Crippen LogP contribution in [0, 0.1) is 0 Å². The second-order valence-corrected chi connectivity index (χ2v) is 9.90. The molecule has 0 bridgehead atoms. The second kappa shape index (κ2) is 13.1. The van der Waals surface area contributed by atoms with E-state index in [9.17, 15) is 4.79 Å². The van der Waals surface area contributed by atoms with Crippen LogP contribution in [-0.2, 0) is 12.8 Å². The lowest BCUT2D eigenvalue weighted by Crippen LogP contribution is -2.41. The molecule has 1 aliphatic heterocycles. The van der Waals surface area contributed by atoms with Gasteiger partial charge in [-0.3, -0.25) is 4.79 Å². The summed E-state index contributed by atoms with van der Waals surface area (Å²) in [6, 6.07) is 17.6. The average molecular weight is 583 g/mol. The van der Waals surface area contributed by atoms with Crippen LogP contribution in [0.5, 0.6) is 23.0 Å². The Balaban J connectivity index is 1.77. The number of ether oxygens (including phenoxy) is 4. The largest absolute Gasteiger partial charge is 0.490 e. The summed E-state index contributed by atoms with van der Waals surface area (Å²) in [5.41, 5.74) is 3.99. The lowest BCUT2D eigenvalue weighted by molar-refractivity contribution is 0.0659. The minimum Gasteiger partial charge on any atom is -0.490 e. The fourth-order valence-corrected chi connectivity index (χ4v) is 5.18. The number of rotatable bonds is 11. The molecular weight excluding hydrogens is 546 g/mol. The summed E-state index contributed by atoms with van der Waals surface area (Å²) >= 11 is 3.47. The molecule has 0 aliphatic carbocycles. The van der Waals surface area contributed by atoms with Gasteiger partial charge in [0.05, 0.1) is 32.5 Å². The molecule has 38 heavy (non-hydrogen) atoms. The lowest BCUT2D eigenvalue weighted by atomic mass is 9.87. The van der Waals surface area contributed by atoms with Crippen LogP contribution in [0.25, 0.3) is 0 Å². The minimum atomic E-state index is -0.183. The zero-order chi connectivity index (χ0) is 27.1. The number of benzene rings is 3. The Morgan fingerprint density at radius 2 is 1.37 bits per heavy atom. The van der Waals surface area contributed by atoms with E-state index in [1.807, 2.05) is 69.0 Å². The predicted molar refractivity (Wildman–Crippen MR) is 153 cm³/mol. The molecule has 4 rings (SSSR count). The molecule has 0 unspecified atom stereocenters. The molecule has 0 saturated carbocycles. The molecule has 7 heteroatoms. The van der Waals surface area contributed by atoms with Crippen LogP contribution in [-0.4, -0.2) is 43.8 Å². The summed E-state index contributed by atoms with van der Waals surface area (Å²) in [4.78, 5) is 15.8. The van der Waals surface area contributed by atoms with Crippen molar-refractivity contribution >= 4 is 21.8 Å². The average Bonchev–Trinajstić information content (AvgIpc) is 2.91. The number of fused-ring (bicyclic) bond motifs is 1. The number of halogens is 1. The third-order valence-corrected chi connectivity index (χ3v) is 7.08. The molecule has 1 heterocycles. The minimum absolute atomic E-state index is 0.0102. The normalized spacial score (nSPS) is 14.6. The first-order chi connectivity index (χ1) is 18.5. The molecular formula is C31H36BrNO5. The van der Waals surface area contributed by atoms with Gasteiger partial charge in [0.25, 0.3) is 5.91 Å². The SMILES string of the molecule is CCOc1ccc(C[C@H]2c3cc(OCC)c(OCC)cc3CCN2C(=O)c2ccc(Br)cc2)cc1OCC. The number of nitrogens with zero attached hydrogens (tertiary/aromatic N) is 1. The van der Waals surface area contributed by atoms with Gasteiger partial charge in [0.1, 0.15) is 0 Å². The van der Waals surface area contributed by atoms with Gasteiger partial charge >= 0.3 is 0 Å². The van der Waals surface area contributed by atoms with Gasteiger partial charge in [-0.25, -0.2) is 0 Å². The van der Waals surface area contributed by atoms with Gasteiger partial charge in [-0.15, -0.1) is 0 Å². The molecule has 0 fully saturated rings. The molecule has 202 valence electrons. The fourth-order valence-electron chi connectivity index (χ4n) is 4.91. The van der Waals surface area contributed by atoms with Crippen LogP contribution in [0.15, 0.2) is 59.1 Å². The number of carbonyl (C=O) groups is 1. The van der Waals surface area contributed by atoms with Crippen LogP contribution >= 0.6 is 15.9 Å². The standard InChI is InChI=1S/C31H36BrNO5/c1-5-35-27-14-9-21(18-28(27)36-6-2)17-26-25-20-30(38-8-4)29(37-7-3)19-23(25)15-16-33(26)31(34)22-10-12-24(32)13-11-22/h9-14,18-20,26H,5-8,15-17H2,1-4H3/t26-/m0/s1. The van der Waals surface area contributed by atoms with Crippen molar-refractivity contribution < 1.29 is 23.7 Å². The molecule has 3 aromatic rings. The van der Waals surface area contributed by atoms with Crippen molar-refractivity contribution in [2.45, 2.75) is 46.6 Å². The van der Waals surface area contributed by atoms with E-state index >= 15 is 0 Å². The predicted octanol–water partition coefficient (Wildman–Crippen LogP) is 7.03. The molecule has 0 N–H and O–H groups in total. The lowest BCUT2D eigenvalue weighted by Gasteiger charge is -2.38. The Kier molecular flexibility index (Phi) is 9.56. The molecule has 1 aliphatic rings. The Morgan fingerprint density at radius 1 is 0.789 bits per heavy atom. The first-order valence-electron chi connectivity index (χ1n) is 13.4. The van der Waals surface area contributed by atoms with Crippen LogP contribution in [0.3, 0.4) is 0 Å². The Morgan fingerprint density at radius 3 is 2.00 bits per heavy atom. The van der Waals surface area contributed by atoms with Crippen molar-refractivity contribution in [1.29, 1.82) is 0 Å². The molecule has 0 spiro atoms. The monoisotopic (exact) mass is 581 g/mol. The molecule has 0 radical (unpaired) electrons. The molecule has 0 aromatic heterocycles. The maximum atomic E-state index is 13.8. The van der Waals surface area contributed by atoms with Crippen molar-refractivity contribution in [1.82, 2.24) is 4.90 Å². The highest BCUT2D eigenvalue weighted by atomic mass is 79.9. The summed E-state index contributed by atoms with van der Waals surface area (Å²) in [7, 11) is 0. The van der Waals surface area contributed by atoms with Crippen molar-refractivity contribution in [3.8, 4) is 23.0 Å². The molecule has 0 saturated heterocycles. The summed E-state index contributed by atoms with van der Waals surface area (Å²) < 4.78 is 24.5. The highest BCUT2D eigenvalue weighted by Gasteiger charge is 2.33. The van der Waals surface area contributed by atoms with Crippen molar-refractivity contribution in [2.24, 2.45) is 0 Å². The summed E-state index contributed by atoms with van der Waals surface area (Å²) in [5.74, 6) is 2.91. The molecule has 3 aromatic carbocycles. The van der Waals surface area contributed by atoms with E-state index in [0.717, 1.165) is 39.3 Å². The van der Waals surface area contributed by atoms with Gasteiger partial charge in [0.15, 0.2) is 23.0 Å². The zero-order valence-corrected chi connectivity index (χ0v) is 24.2. The van der Waals surface area contributed by atoms with Gasteiger partial charge in [-0.05, 0) is 106 Å². The number of carbonyl (C=O) groups excluding carboxylic acids is 1. The van der Waals surface area contributed by atoms with Gasteiger partial charge in [0.2, 0.25) is 0 Å². The maximum Gasteiger partial charge on any atom is 0.254 e. The van der Waals surface area contributed by atoms with Gasteiger partial charge in [-0.2, -0.15) is 0 Å². The van der Waals surface area contributed by atoms with E-state index in [1.54, 1.807) is 0 Å². The fraction of sp³-hybridized carbons (Fsp3) is 0.387. The quantitative estimate of drug-likeness (QED) is 0.243. The Labute approximate surface area is 234 Å². The van der Waals surface area contributed by atoms with Gasteiger partial charge in [-0.1, -0.05) is 22.0 Å². The Hall–Kier alpha value is -3.19. The second-order valence-electron chi connectivity index (χ2n) is 8.99. The third-order valence-electron chi connectivity index (χ3n) is 6.55. The smallest absolute Gasteiger partial charge is 0.254 e. The first kappa shape index (κ1) is 27.8. The highest BCUT2D eigenvalue weighted by Crippen LogP contribution is 2.41. The van der Waals surface area contributed by atoms with Crippen molar-refractivity contribution in [3.05, 3.63) is 81.3 Å².